The molecule has 1 fully saturated rings. The van der Waals surface area contributed by atoms with Gasteiger partial charge in [0.2, 0.25) is 0 Å². The number of aromatic amines is 1. The van der Waals surface area contributed by atoms with E-state index in [-0.39, 0.29) is 5.56 Å². The van der Waals surface area contributed by atoms with E-state index >= 15 is 0 Å². The Morgan fingerprint density at radius 1 is 1.11 bits per heavy atom. The maximum absolute atomic E-state index is 11.1. The number of rotatable bonds is 4. The third-order valence-electron chi connectivity index (χ3n) is 5.67. The minimum atomic E-state index is -0.918. The van der Waals surface area contributed by atoms with Gasteiger partial charge in [0.1, 0.15) is 0 Å². The van der Waals surface area contributed by atoms with Crippen LogP contribution in [0, 0.1) is 0 Å². The molecule has 1 saturated heterocycles. The van der Waals surface area contributed by atoms with Crippen LogP contribution in [0.2, 0.25) is 0 Å². The monoisotopic (exact) mass is 375 g/mol. The lowest BCUT2D eigenvalue weighted by atomic mass is 10.0. The Morgan fingerprint density at radius 3 is 2.64 bits per heavy atom. The fraction of sp³-hybridized carbons (Fsp3) is 0.273. The highest BCUT2D eigenvalue weighted by Gasteiger charge is 2.27. The highest BCUT2D eigenvalue weighted by atomic mass is 16.5. The molecular weight excluding hydrogens is 354 g/mol. The first-order chi connectivity index (χ1) is 13.7. The van der Waals surface area contributed by atoms with Crippen LogP contribution in [0.25, 0.3) is 22.5 Å². The van der Waals surface area contributed by atoms with E-state index in [1.807, 2.05) is 12.1 Å². The fourth-order valence-corrected chi connectivity index (χ4v) is 4.17. The van der Waals surface area contributed by atoms with E-state index < -0.39 is 5.97 Å². The van der Waals surface area contributed by atoms with Crippen LogP contribution in [-0.2, 0) is 17.7 Å². The highest BCUT2D eigenvalue weighted by molar-refractivity contribution is 5.89. The van der Waals surface area contributed by atoms with Crippen LogP contribution in [0.4, 0.5) is 0 Å². The first-order valence-corrected chi connectivity index (χ1v) is 9.53. The number of benzene rings is 2. The quantitative estimate of drug-likeness (QED) is 0.573. The number of aromatic nitrogens is 2. The van der Waals surface area contributed by atoms with Gasteiger partial charge in [0.05, 0.1) is 30.2 Å². The number of hydrogen-bond acceptors (Lipinski definition) is 4. The Bertz CT molecular complexity index is 1030. The summed E-state index contributed by atoms with van der Waals surface area (Å²) in [6.45, 7) is 4.48. The molecule has 28 heavy (non-hydrogen) atoms. The van der Waals surface area contributed by atoms with Crippen LogP contribution in [0.15, 0.2) is 42.5 Å². The van der Waals surface area contributed by atoms with Gasteiger partial charge in [-0.15, -0.1) is 0 Å². The molecule has 1 aromatic heterocycles. The molecule has 2 N–H and O–H groups in total. The summed E-state index contributed by atoms with van der Waals surface area (Å²) in [5, 5.41) is 16.8. The lowest BCUT2D eigenvalue weighted by Crippen LogP contribution is -2.35. The van der Waals surface area contributed by atoms with Crippen molar-refractivity contribution in [1.82, 2.24) is 15.1 Å². The minimum Gasteiger partial charge on any atom is -0.478 e. The van der Waals surface area contributed by atoms with Crippen LogP contribution in [-0.4, -0.2) is 52.5 Å². The molecule has 0 radical (unpaired) electrons. The molecule has 2 aliphatic rings. The predicted molar refractivity (Wildman–Crippen MR) is 105 cm³/mol. The zero-order valence-electron chi connectivity index (χ0n) is 15.4. The molecule has 2 heterocycles. The number of aromatic carboxylic acids is 1. The van der Waals surface area contributed by atoms with Crippen LogP contribution in [0.1, 0.15) is 27.0 Å². The summed E-state index contributed by atoms with van der Waals surface area (Å²) in [6, 6.07) is 13.4. The van der Waals surface area contributed by atoms with E-state index in [4.69, 9.17) is 9.84 Å². The van der Waals surface area contributed by atoms with E-state index in [2.05, 4.69) is 33.3 Å². The van der Waals surface area contributed by atoms with Crippen molar-refractivity contribution in [3.63, 3.8) is 0 Å². The first-order valence-electron chi connectivity index (χ1n) is 9.53. The number of hydrogen-bond donors (Lipinski definition) is 2. The van der Waals surface area contributed by atoms with Crippen LogP contribution < -0.4 is 0 Å². The number of carbonyl (C=O) groups is 1. The smallest absolute Gasteiger partial charge is 0.335 e. The predicted octanol–water partition coefficient (Wildman–Crippen LogP) is 3.18. The molecule has 0 spiro atoms. The summed E-state index contributed by atoms with van der Waals surface area (Å²) in [5.41, 5.74) is 8.33. The molecular formula is C22H21N3O3. The summed E-state index contributed by atoms with van der Waals surface area (Å²) in [7, 11) is 0. The molecule has 6 heteroatoms. The maximum Gasteiger partial charge on any atom is 0.335 e. The van der Waals surface area contributed by atoms with Gasteiger partial charge in [-0.25, -0.2) is 4.79 Å². The summed E-state index contributed by atoms with van der Waals surface area (Å²) in [6.07, 6.45) is 0.845. The lowest BCUT2D eigenvalue weighted by Gasteiger charge is -2.27. The molecule has 3 aromatic rings. The average molecular weight is 375 g/mol. The van der Waals surface area contributed by atoms with E-state index in [9.17, 15) is 4.79 Å². The minimum absolute atomic E-state index is 0.284. The van der Waals surface area contributed by atoms with E-state index in [1.54, 1.807) is 12.1 Å². The Morgan fingerprint density at radius 2 is 1.89 bits per heavy atom. The zero-order valence-corrected chi connectivity index (χ0v) is 15.4. The molecule has 0 atom stereocenters. The third-order valence-corrected chi connectivity index (χ3v) is 5.67. The van der Waals surface area contributed by atoms with Crippen molar-refractivity contribution in [2.45, 2.75) is 13.0 Å². The third kappa shape index (κ3) is 2.91. The van der Waals surface area contributed by atoms with E-state index in [1.165, 1.54) is 22.3 Å². The largest absolute Gasteiger partial charge is 0.478 e. The molecule has 0 unspecified atom stereocenters. The first kappa shape index (κ1) is 17.2. The highest BCUT2D eigenvalue weighted by Crippen LogP contribution is 2.41. The maximum atomic E-state index is 11.1. The molecule has 5 rings (SSSR count). The van der Waals surface area contributed by atoms with Crippen LogP contribution >= 0.6 is 0 Å². The number of H-pyrrole nitrogens is 1. The van der Waals surface area contributed by atoms with Crippen molar-refractivity contribution in [2.75, 3.05) is 26.3 Å². The lowest BCUT2D eigenvalue weighted by molar-refractivity contribution is 0.0341. The number of morpholine rings is 1. The molecule has 2 aromatic carbocycles. The van der Waals surface area contributed by atoms with Crippen molar-refractivity contribution in [3.05, 3.63) is 64.7 Å². The van der Waals surface area contributed by atoms with Crippen molar-refractivity contribution in [3.8, 4) is 22.5 Å². The Labute approximate surface area is 162 Å². The topological polar surface area (TPSA) is 78.4 Å². The summed E-state index contributed by atoms with van der Waals surface area (Å²) in [5.74, 6) is -0.918. The van der Waals surface area contributed by atoms with Gasteiger partial charge in [-0.1, -0.05) is 30.3 Å². The molecule has 1 aliphatic carbocycles. The normalized spacial score (nSPS) is 16.0. The van der Waals surface area contributed by atoms with Crippen molar-refractivity contribution >= 4 is 5.97 Å². The summed E-state index contributed by atoms with van der Waals surface area (Å²) < 4.78 is 5.46. The second-order valence-electron chi connectivity index (χ2n) is 7.32. The van der Waals surface area contributed by atoms with Gasteiger partial charge < -0.3 is 9.84 Å². The number of fused-ring (bicyclic) bond motifs is 3. The summed E-state index contributed by atoms with van der Waals surface area (Å²) in [4.78, 5) is 13.5. The number of nitrogens with zero attached hydrogens (tertiary/aromatic N) is 2. The van der Waals surface area contributed by atoms with Gasteiger partial charge in [-0.05, 0) is 23.3 Å². The van der Waals surface area contributed by atoms with Crippen LogP contribution in [0.5, 0.6) is 0 Å². The van der Waals surface area contributed by atoms with Crippen molar-refractivity contribution in [2.24, 2.45) is 0 Å². The Balaban J connectivity index is 1.46. The molecule has 0 amide bonds. The SMILES string of the molecule is O=C(O)c1ccc(-c2n[nH]c3c2Cc2c(CN4CCOCC4)cccc2-3)cc1. The molecule has 0 saturated carbocycles. The number of carboxylic acids is 1. The van der Waals surface area contributed by atoms with Crippen molar-refractivity contribution < 1.29 is 14.6 Å². The van der Waals surface area contributed by atoms with Crippen molar-refractivity contribution in [1.29, 1.82) is 0 Å². The second-order valence-corrected chi connectivity index (χ2v) is 7.32. The number of carboxylic acid groups (broad SMARTS) is 1. The van der Waals surface area contributed by atoms with Crippen LogP contribution in [0.3, 0.4) is 0 Å². The Hall–Kier alpha value is -2.96. The van der Waals surface area contributed by atoms with Gasteiger partial charge in [-0.3, -0.25) is 10.00 Å². The molecule has 6 nitrogen and oxygen atoms in total. The van der Waals surface area contributed by atoms with E-state index in [0.29, 0.717) is 0 Å². The second kappa shape index (κ2) is 6.89. The van der Waals surface area contributed by atoms with Gasteiger partial charge >= 0.3 is 5.97 Å². The van der Waals surface area contributed by atoms with Gasteiger partial charge in [0.15, 0.2) is 0 Å². The average Bonchev–Trinajstić information content (AvgIpc) is 3.29. The van der Waals surface area contributed by atoms with E-state index in [0.717, 1.165) is 56.2 Å². The van der Waals surface area contributed by atoms with Gasteiger partial charge in [0.25, 0.3) is 0 Å². The fourth-order valence-electron chi connectivity index (χ4n) is 4.17. The van der Waals surface area contributed by atoms with Gasteiger partial charge in [-0.2, -0.15) is 5.10 Å². The standard InChI is InChI=1S/C22H21N3O3/c26-22(27)15-6-4-14(5-7-15)20-19-12-18-16(13-25-8-10-28-11-9-25)2-1-3-17(18)21(19)24-23-20/h1-7H,8-13H2,(H,23,24)(H,26,27). The number of nitrogens with one attached hydrogen (secondary N) is 1. The zero-order chi connectivity index (χ0) is 19.1. The molecule has 0 bridgehead atoms. The van der Waals surface area contributed by atoms with Gasteiger partial charge in [0, 0.05) is 42.7 Å². The summed E-state index contributed by atoms with van der Waals surface area (Å²) >= 11 is 0. The Kier molecular flexibility index (Phi) is 4.22. The molecule has 142 valence electrons. The number of ether oxygens (including phenoxy) is 1. The molecule has 1 aliphatic heterocycles.